The number of aromatic nitrogens is 1. The fourth-order valence-electron chi connectivity index (χ4n) is 1.53. The van der Waals surface area contributed by atoms with Crippen molar-refractivity contribution in [3.8, 4) is 0 Å². The van der Waals surface area contributed by atoms with E-state index in [4.69, 9.17) is 0 Å². The maximum absolute atomic E-state index is 4.41. The zero-order valence-electron chi connectivity index (χ0n) is 10.2. The SMILES string of the molecule is CN(C)c1ccc(CNc2ccccc2)nc1. The molecular weight excluding hydrogens is 210 g/mol. The fourth-order valence-corrected chi connectivity index (χ4v) is 1.53. The summed E-state index contributed by atoms with van der Waals surface area (Å²) in [5.74, 6) is 0. The summed E-state index contributed by atoms with van der Waals surface area (Å²) in [6.45, 7) is 0.748. The summed E-state index contributed by atoms with van der Waals surface area (Å²) >= 11 is 0. The Morgan fingerprint density at radius 1 is 1.06 bits per heavy atom. The number of rotatable bonds is 4. The van der Waals surface area contributed by atoms with Gasteiger partial charge in [-0.2, -0.15) is 0 Å². The number of benzene rings is 1. The molecule has 0 radical (unpaired) electrons. The van der Waals surface area contributed by atoms with Gasteiger partial charge in [0.1, 0.15) is 0 Å². The molecular formula is C14H17N3. The lowest BCUT2D eigenvalue weighted by Gasteiger charge is -2.12. The van der Waals surface area contributed by atoms with Gasteiger partial charge in [-0.1, -0.05) is 18.2 Å². The van der Waals surface area contributed by atoms with E-state index in [2.05, 4.69) is 16.4 Å². The van der Waals surface area contributed by atoms with E-state index in [-0.39, 0.29) is 0 Å². The van der Waals surface area contributed by atoms with Crippen LogP contribution in [0.4, 0.5) is 11.4 Å². The predicted octanol–water partition coefficient (Wildman–Crippen LogP) is 2.76. The Kier molecular flexibility index (Phi) is 3.60. The molecule has 17 heavy (non-hydrogen) atoms. The highest BCUT2D eigenvalue weighted by molar-refractivity contribution is 5.45. The van der Waals surface area contributed by atoms with Crippen LogP contribution in [0, 0.1) is 0 Å². The highest BCUT2D eigenvalue weighted by Gasteiger charge is 1.97. The van der Waals surface area contributed by atoms with Crippen LogP contribution in [-0.4, -0.2) is 19.1 Å². The van der Waals surface area contributed by atoms with E-state index in [0.717, 1.165) is 23.6 Å². The first-order valence-electron chi connectivity index (χ1n) is 5.67. The Morgan fingerprint density at radius 3 is 2.41 bits per heavy atom. The van der Waals surface area contributed by atoms with Gasteiger partial charge in [0, 0.05) is 19.8 Å². The van der Waals surface area contributed by atoms with E-state index in [1.54, 1.807) is 0 Å². The summed E-state index contributed by atoms with van der Waals surface area (Å²) in [4.78, 5) is 6.45. The molecule has 0 atom stereocenters. The lowest BCUT2D eigenvalue weighted by molar-refractivity contribution is 1.03. The van der Waals surface area contributed by atoms with Gasteiger partial charge < -0.3 is 10.2 Å². The molecule has 0 aliphatic rings. The molecule has 0 spiro atoms. The van der Waals surface area contributed by atoms with Crippen molar-refractivity contribution in [3.63, 3.8) is 0 Å². The molecule has 0 unspecified atom stereocenters. The number of hydrogen-bond acceptors (Lipinski definition) is 3. The molecule has 2 aromatic rings. The van der Waals surface area contributed by atoms with E-state index in [0.29, 0.717) is 0 Å². The van der Waals surface area contributed by atoms with E-state index >= 15 is 0 Å². The molecule has 2 rings (SSSR count). The average molecular weight is 227 g/mol. The number of anilines is 2. The van der Waals surface area contributed by atoms with Crippen molar-refractivity contribution in [2.24, 2.45) is 0 Å². The normalized spacial score (nSPS) is 10.0. The molecule has 0 saturated heterocycles. The molecule has 88 valence electrons. The van der Waals surface area contributed by atoms with Gasteiger partial charge >= 0.3 is 0 Å². The topological polar surface area (TPSA) is 28.2 Å². The largest absolute Gasteiger partial charge is 0.379 e. The predicted molar refractivity (Wildman–Crippen MR) is 72.3 cm³/mol. The number of pyridine rings is 1. The Morgan fingerprint density at radius 2 is 1.82 bits per heavy atom. The number of para-hydroxylation sites is 1. The van der Waals surface area contributed by atoms with Crippen LogP contribution in [0.3, 0.4) is 0 Å². The minimum Gasteiger partial charge on any atom is -0.379 e. The number of hydrogen-bond donors (Lipinski definition) is 1. The highest BCUT2D eigenvalue weighted by Crippen LogP contribution is 2.11. The van der Waals surface area contributed by atoms with Gasteiger partial charge in [0.15, 0.2) is 0 Å². The van der Waals surface area contributed by atoms with Crippen LogP contribution in [0.1, 0.15) is 5.69 Å². The summed E-state index contributed by atoms with van der Waals surface area (Å²) < 4.78 is 0. The van der Waals surface area contributed by atoms with E-state index in [1.165, 1.54) is 0 Å². The highest BCUT2D eigenvalue weighted by atomic mass is 15.1. The van der Waals surface area contributed by atoms with E-state index < -0.39 is 0 Å². The average Bonchev–Trinajstić information content (AvgIpc) is 2.38. The van der Waals surface area contributed by atoms with Crippen molar-refractivity contribution in [2.75, 3.05) is 24.3 Å². The first kappa shape index (κ1) is 11.5. The standard InChI is InChI=1S/C14H17N3/c1-17(2)14-9-8-13(16-11-14)10-15-12-6-4-3-5-7-12/h3-9,11,15H,10H2,1-2H3. The maximum atomic E-state index is 4.41. The summed E-state index contributed by atoms with van der Waals surface area (Å²) in [5.41, 5.74) is 3.28. The quantitative estimate of drug-likeness (QED) is 0.870. The zero-order valence-corrected chi connectivity index (χ0v) is 10.2. The summed E-state index contributed by atoms with van der Waals surface area (Å²) in [6, 6.07) is 14.3. The van der Waals surface area contributed by atoms with Crippen LogP contribution in [0.2, 0.25) is 0 Å². The Labute approximate surface area is 102 Å². The minimum absolute atomic E-state index is 0.748. The third-order valence-corrected chi connectivity index (χ3v) is 2.57. The van der Waals surface area contributed by atoms with Crippen molar-refractivity contribution < 1.29 is 0 Å². The van der Waals surface area contributed by atoms with Gasteiger partial charge in [0.25, 0.3) is 0 Å². The number of nitrogens with zero attached hydrogens (tertiary/aromatic N) is 2. The molecule has 0 saturated carbocycles. The summed E-state index contributed by atoms with van der Waals surface area (Å²) in [5, 5.41) is 3.33. The summed E-state index contributed by atoms with van der Waals surface area (Å²) in [6.07, 6.45) is 1.89. The van der Waals surface area contributed by atoms with Crippen LogP contribution in [0.15, 0.2) is 48.7 Å². The maximum Gasteiger partial charge on any atom is 0.0596 e. The van der Waals surface area contributed by atoms with Crippen LogP contribution in [0.25, 0.3) is 0 Å². The third kappa shape index (κ3) is 3.21. The van der Waals surface area contributed by atoms with Crippen molar-refractivity contribution in [1.82, 2.24) is 4.98 Å². The van der Waals surface area contributed by atoms with Crippen LogP contribution in [0.5, 0.6) is 0 Å². The monoisotopic (exact) mass is 227 g/mol. The second-order valence-electron chi connectivity index (χ2n) is 4.12. The molecule has 1 N–H and O–H groups in total. The molecule has 0 aliphatic carbocycles. The summed E-state index contributed by atoms with van der Waals surface area (Å²) in [7, 11) is 4.03. The molecule has 1 aromatic carbocycles. The van der Waals surface area contributed by atoms with Crippen molar-refractivity contribution in [3.05, 3.63) is 54.4 Å². The first-order valence-corrected chi connectivity index (χ1v) is 5.67. The van der Waals surface area contributed by atoms with E-state index in [9.17, 15) is 0 Å². The van der Waals surface area contributed by atoms with Gasteiger partial charge in [-0.3, -0.25) is 4.98 Å². The molecule has 0 amide bonds. The Balaban J connectivity index is 1.96. The van der Waals surface area contributed by atoms with Gasteiger partial charge in [-0.05, 0) is 24.3 Å². The second kappa shape index (κ2) is 5.34. The van der Waals surface area contributed by atoms with Gasteiger partial charge in [-0.25, -0.2) is 0 Å². The molecule has 3 heteroatoms. The van der Waals surface area contributed by atoms with Crippen LogP contribution >= 0.6 is 0 Å². The first-order chi connectivity index (χ1) is 8.25. The van der Waals surface area contributed by atoms with E-state index in [1.807, 2.05) is 61.6 Å². The lowest BCUT2D eigenvalue weighted by Crippen LogP contribution is -2.09. The van der Waals surface area contributed by atoms with Gasteiger partial charge in [0.2, 0.25) is 0 Å². The fraction of sp³-hybridized carbons (Fsp3) is 0.214. The number of nitrogens with one attached hydrogen (secondary N) is 1. The van der Waals surface area contributed by atoms with Crippen molar-refractivity contribution in [1.29, 1.82) is 0 Å². The van der Waals surface area contributed by atoms with Crippen molar-refractivity contribution >= 4 is 11.4 Å². The molecule has 0 fully saturated rings. The van der Waals surface area contributed by atoms with Crippen LogP contribution in [-0.2, 0) is 6.54 Å². The zero-order chi connectivity index (χ0) is 12.1. The lowest BCUT2D eigenvalue weighted by atomic mass is 10.3. The van der Waals surface area contributed by atoms with Gasteiger partial charge in [0.05, 0.1) is 24.1 Å². The molecule has 0 aliphatic heterocycles. The second-order valence-corrected chi connectivity index (χ2v) is 4.12. The van der Waals surface area contributed by atoms with Crippen LogP contribution < -0.4 is 10.2 Å². The van der Waals surface area contributed by atoms with Gasteiger partial charge in [-0.15, -0.1) is 0 Å². The third-order valence-electron chi connectivity index (χ3n) is 2.57. The Hall–Kier alpha value is -2.03. The Bertz CT molecular complexity index is 449. The molecule has 0 bridgehead atoms. The molecule has 1 aromatic heterocycles. The molecule has 1 heterocycles. The van der Waals surface area contributed by atoms with Crippen molar-refractivity contribution in [2.45, 2.75) is 6.54 Å². The minimum atomic E-state index is 0.748. The molecule has 3 nitrogen and oxygen atoms in total. The smallest absolute Gasteiger partial charge is 0.0596 e.